The second kappa shape index (κ2) is 10.3. The number of anilines is 4. The molecular formula is C24H27BN6O. The van der Waals surface area contributed by atoms with Gasteiger partial charge in [0.25, 0.3) is 0 Å². The quantitative estimate of drug-likeness (QED) is 0.503. The maximum Gasteiger partial charge on any atom is 0.241 e. The zero-order chi connectivity index (χ0) is 22.3. The standard InChI is InChI=1S/C24H27BN6O/c25-20-16-27-24(30-22(20)31-12-5-2-6-13-31)29-19-11-7-10-18(15-19)28-23(32)21(26)14-17-8-3-1-4-9-17/h1,3-4,7-11,15-16,21H,2,5-6,12-14,26H2,(H,28,32)(H,27,29,30). The summed E-state index contributed by atoms with van der Waals surface area (Å²) in [7, 11) is 6.12. The molecule has 1 saturated heterocycles. The second-order valence-corrected chi connectivity index (χ2v) is 8.01. The monoisotopic (exact) mass is 426 g/mol. The van der Waals surface area contributed by atoms with Gasteiger partial charge in [-0.1, -0.05) is 36.4 Å². The van der Waals surface area contributed by atoms with E-state index in [1.54, 1.807) is 6.20 Å². The van der Waals surface area contributed by atoms with E-state index in [1.165, 1.54) is 6.42 Å². The van der Waals surface area contributed by atoms with E-state index >= 15 is 0 Å². The number of amides is 1. The van der Waals surface area contributed by atoms with Crippen molar-refractivity contribution in [2.75, 3.05) is 28.6 Å². The van der Waals surface area contributed by atoms with Crippen LogP contribution in [0.1, 0.15) is 24.8 Å². The number of carbonyl (C=O) groups is 1. The molecule has 1 amide bonds. The Labute approximate surface area is 189 Å². The molecule has 2 heterocycles. The highest BCUT2D eigenvalue weighted by Gasteiger charge is 2.16. The number of piperidine rings is 1. The highest BCUT2D eigenvalue weighted by molar-refractivity contribution is 6.35. The predicted molar refractivity (Wildman–Crippen MR) is 130 cm³/mol. The number of rotatable bonds is 7. The first-order valence-corrected chi connectivity index (χ1v) is 10.9. The van der Waals surface area contributed by atoms with E-state index in [0.717, 1.165) is 43.0 Å². The van der Waals surface area contributed by atoms with Crippen molar-refractivity contribution in [3.63, 3.8) is 0 Å². The van der Waals surface area contributed by atoms with Crippen LogP contribution in [0.25, 0.3) is 0 Å². The molecule has 7 nitrogen and oxygen atoms in total. The molecule has 0 bridgehead atoms. The van der Waals surface area contributed by atoms with Crippen molar-refractivity contribution in [3.8, 4) is 0 Å². The average molecular weight is 426 g/mol. The number of hydrogen-bond acceptors (Lipinski definition) is 6. The molecule has 0 spiro atoms. The summed E-state index contributed by atoms with van der Waals surface area (Å²) >= 11 is 0. The molecular weight excluding hydrogens is 399 g/mol. The van der Waals surface area contributed by atoms with Crippen LogP contribution in [0.3, 0.4) is 0 Å². The number of aromatic nitrogens is 2. The normalized spacial score (nSPS) is 14.6. The third kappa shape index (κ3) is 5.65. The van der Waals surface area contributed by atoms with Gasteiger partial charge in [0.2, 0.25) is 11.9 Å². The summed E-state index contributed by atoms with van der Waals surface area (Å²) in [4.78, 5) is 23.7. The van der Waals surface area contributed by atoms with E-state index in [1.807, 2.05) is 54.6 Å². The largest absolute Gasteiger partial charge is 0.357 e. The molecule has 32 heavy (non-hydrogen) atoms. The van der Waals surface area contributed by atoms with E-state index in [2.05, 4.69) is 25.5 Å². The summed E-state index contributed by atoms with van der Waals surface area (Å²) in [5, 5.41) is 6.09. The number of hydrogen-bond donors (Lipinski definition) is 3. The van der Waals surface area contributed by atoms with Crippen molar-refractivity contribution in [1.82, 2.24) is 9.97 Å². The van der Waals surface area contributed by atoms with Gasteiger partial charge >= 0.3 is 0 Å². The zero-order valence-electron chi connectivity index (χ0n) is 18.0. The first-order chi connectivity index (χ1) is 15.6. The Bertz CT molecular complexity index is 1060. The fourth-order valence-corrected chi connectivity index (χ4v) is 3.80. The Hall–Kier alpha value is -3.39. The maximum absolute atomic E-state index is 12.5. The minimum atomic E-state index is -0.637. The van der Waals surface area contributed by atoms with E-state index < -0.39 is 6.04 Å². The molecule has 4 rings (SSSR count). The molecule has 3 aromatic rings. The van der Waals surface area contributed by atoms with Crippen LogP contribution >= 0.6 is 0 Å². The van der Waals surface area contributed by atoms with Gasteiger partial charge in [0.05, 0.1) is 6.04 Å². The fourth-order valence-electron chi connectivity index (χ4n) is 3.80. The molecule has 2 radical (unpaired) electrons. The topological polar surface area (TPSA) is 96.2 Å². The van der Waals surface area contributed by atoms with Crippen molar-refractivity contribution in [1.29, 1.82) is 0 Å². The molecule has 1 atom stereocenters. The Balaban J connectivity index is 1.41. The molecule has 1 aliphatic heterocycles. The van der Waals surface area contributed by atoms with Gasteiger partial charge in [-0.05, 0) is 54.9 Å². The predicted octanol–water partition coefficient (Wildman–Crippen LogP) is 2.51. The van der Waals surface area contributed by atoms with Gasteiger partial charge in [-0.2, -0.15) is 4.98 Å². The number of nitrogens with one attached hydrogen (secondary N) is 2. The fraction of sp³-hybridized carbons (Fsp3) is 0.292. The lowest BCUT2D eigenvalue weighted by Gasteiger charge is -2.29. The van der Waals surface area contributed by atoms with Crippen molar-refractivity contribution in [2.45, 2.75) is 31.7 Å². The van der Waals surface area contributed by atoms with Gasteiger partial charge in [0, 0.05) is 30.7 Å². The lowest BCUT2D eigenvalue weighted by molar-refractivity contribution is -0.117. The molecule has 4 N–H and O–H groups in total. The molecule has 8 heteroatoms. The van der Waals surface area contributed by atoms with Gasteiger partial charge in [-0.15, -0.1) is 0 Å². The highest BCUT2D eigenvalue weighted by Crippen LogP contribution is 2.21. The van der Waals surface area contributed by atoms with Crippen LogP contribution in [0.15, 0.2) is 60.8 Å². The number of benzene rings is 2. The van der Waals surface area contributed by atoms with E-state index in [-0.39, 0.29) is 5.91 Å². The van der Waals surface area contributed by atoms with Crippen molar-refractivity contribution in [3.05, 3.63) is 66.4 Å². The van der Waals surface area contributed by atoms with Crippen LogP contribution in [0.4, 0.5) is 23.1 Å². The third-order valence-electron chi connectivity index (χ3n) is 5.47. The van der Waals surface area contributed by atoms with Gasteiger partial charge in [0.1, 0.15) is 13.7 Å². The Morgan fingerprint density at radius 3 is 2.59 bits per heavy atom. The van der Waals surface area contributed by atoms with Crippen LogP contribution in [-0.2, 0) is 11.2 Å². The summed E-state index contributed by atoms with van der Waals surface area (Å²) in [6.45, 7) is 1.90. The minimum Gasteiger partial charge on any atom is -0.357 e. The third-order valence-corrected chi connectivity index (χ3v) is 5.47. The summed E-state index contributed by atoms with van der Waals surface area (Å²) in [6, 6.07) is 16.5. The summed E-state index contributed by atoms with van der Waals surface area (Å²) in [6.07, 6.45) is 5.62. The molecule has 1 fully saturated rings. The summed E-state index contributed by atoms with van der Waals surface area (Å²) in [5.41, 5.74) is 9.10. The maximum atomic E-state index is 12.5. The molecule has 162 valence electrons. The molecule has 2 aromatic carbocycles. The first kappa shape index (κ1) is 21.8. The van der Waals surface area contributed by atoms with E-state index in [9.17, 15) is 4.79 Å². The van der Waals surface area contributed by atoms with Gasteiger partial charge in [-0.3, -0.25) is 4.79 Å². The van der Waals surface area contributed by atoms with Crippen molar-refractivity contribution in [2.24, 2.45) is 5.73 Å². The number of nitrogens with zero attached hydrogens (tertiary/aromatic N) is 3. The Morgan fingerprint density at radius 2 is 1.81 bits per heavy atom. The molecule has 1 unspecified atom stereocenters. The van der Waals surface area contributed by atoms with Gasteiger partial charge < -0.3 is 21.3 Å². The lowest BCUT2D eigenvalue weighted by Crippen LogP contribution is -2.37. The SMILES string of the molecule is [B]c1cnc(Nc2cccc(NC(=O)C(N)Cc3ccccc3)c2)nc1N1CCCCC1. The van der Waals surface area contributed by atoms with Crippen LogP contribution < -0.4 is 26.7 Å². The Kier molecular flexibility index (Phi) is 7.02. The lowest BCUT2D eigenvalue weighted by atomic mass is 9.97. The molecule has 0 saturated carbocycles. The van der Waals surface area contributed by atoms with Gasteiger partial charge in [-0.25, -0.2) is 4.98 Å². The highest BCUT2D eigenvalue weighted by atomic mass is 16.2. The zero-order valence-corrected chi connectivity index (χ0v) is 18.0. The molecule has 1 aromatic heterocycles. The number of carbonyl (C=O) groups excluding carboxylic acids is 1. The van der Waals surface area contributed by atoms with Crippen LogP contribution in [0, 0.1) is 0 Å². The van der Waals surface area contributed by atoms with Crippen LogP contribution in [0.5, 0.6) is 0 Å². The summed E-state index contributed by atoms with van der Waals surface area (Å²) < 4.78 is 0. The number of nitrogens with two attached hydrogens (primary N) is 1. The van der Waals surface area contributed by atoms with Crippen molar-refractivity contribution < 1.29 is 4.79 Å². The molecule has 0 aliphatic carbocycles. The summed E-state index contributed by atoms with van der Waals surface area (Å²) in [5.74, 6) is 0.990. The average Bonchev–Trinajstić information content (AvgIpc) is 2.82. The Morgan fingerprint density at radius 1 is 1.06 bits per heavy atom. The van der Waals surface area contributed by atoms with E-state index in [4.69, 9.17) is 13.6 Å². The second-order valence-electron chi connectivity index (χ2n) is 8.01. The van der Waals surface area contributed by atoms with E-state index in [0.29, 0.717) is 23.5 Å². The first-order valence-electron chi connectivity index (χ1n) is 10.9. The van der Waals surface area contributed by atoms with Crippen molar-refractivity contribution >= 4 is 42.4 Å². The van der Waals surface area contributed by atoms with Crippen LogP contribution in [0.2, 0.25) is 0 Å². The minimum absolute atomic E-state index is 0.234. The smallest absolute Gasteiger partial charge is 0.241 e. The van der Waals surface area contributed by atoms with Gasteiger partial charge in [0.15, 0.2) is 0 Å². The van der Waals surface area contributed by atoms with Crippen LogP contribution in [-0.4, -0.2) is 42.9 Å². The molecule has 1 aliphatic rings.